The van der Waals surface area contributed by atoms with Gasteiger partial charge in [-0.1, -0.05) is 40.2 Å². The Bertz CT molecular complexity index is 1030. The quantitative estimate of drug-likeness (QED) is 0.471. The Hall–Kier alpha value is -2.51. The highest BCUT2D eigenvalue weighted by Crippen LogP contribution is 2.29. The number of nitrogens with one attached hydrogen (secondary N) is 2. The van der Waals surface area contributed by atoms with Gasteiger partial charge in [-0.15, -0.1) is 0 Å². The number of urea groups is 1. The number of anilines is 1. The van der Waals surface area contributed by atoms with Gasteiger partial charge in [-0.2, -0.15) is 0 Å². The maximum Gasteiger partial charge on any atom is 0.327 e. The molecule has 0 radical (unpaired) electrons. The summed E-state index contributed by atoms with van der Waals surface area (Å²) >= 11 is 6.73. The fourth-order valence-corrected chi connectivity index (χ4v) is 3.64. The number of nitrogens with zero attached hydrogens (tertiary/aromatic N) is 1. The van der Waals surface area contributed by atoms with E-state index in [9.17, 15) is 9.59 Å². The summed E-state index contributed by atoms with van der Waals surface area (Å²) in [7, 11) is 0. The number of carbonyl (C=O) groups excluding carboxylic acids is 2. The Kier molecular flexibility index (Phi) is 6.26. The summed E-state index contributed by atoms with van der Waals surface area (Å²) in [5.41, 5.74) is 4.20. The lowest BCUT2D eigenvalue weighted by Gasteiger charge is -2.13. The van der Waals surface area contributed by atoms with Crippen LogP contribution in [0.2, 0.25) is 0 Å². The van der Waals surface area contributed by atoms with Crippen molar-refractivity contribution in [2.75, 3.05) is 5.32 Å². The molecule has 3 rings (SSSR count). The zero-order chi connectivity index (χ0) is 20.3. The number of carbonyl (C=O) groups is 2. The third-order valence-corrected chi connectivity index (χ3v) is 5.34. The van der Waals surface area contributed by atoms with Gasteiger partial charge in [0.15, 0.2) is 0 Å². The molecule has 0 saturated heterocycles. The highest BCUT2D eigenvalue weighted by Gasteiger charge is 2.15. The molecule has 0 aliphatic heterocycles. The first kappa shape index (κ1) is 20.2. The molecule has 3 amide bonds. The van der Waals surface area contributed by atoms with Crippen LogP contribution < -0.4 is 10.6 Å². The number of amides is 3. The van der Waals surface area contributed by atoms with E-state index < -0.39 is 11.9 Å². The molecule has 5 nitrogen and oxygen atoms in total. The molecule has 3 aromatic rings. The van der Waals surface area contributed by atoms with Crippen molar-refractivity contribution in [3.8, 4) is 11.1 Å². The van der Waals surface area contributed by atoms with Crippen molar-refractivity contribution in [3.63, 3.8) is 0 Å². The number of hydrogen-bond donors (Lipinski definition) is 2. The van der Waals surface area contributed by atoms with Gasteiger partial charge in [-0.3, -0.25) is 15.4 Å². The van der Waals surface area contributed by atoms with Gasteiger partial charge >= 0.3 is 6.03 Å². The first-order valence-electron chi connectivity index (χ1n) is 8.46. The van der Waals surface area contributed by atoms with Gasteiger partial charge in [-0.25, -0.2) is 9.78 Å². The molecule has 1 heterocycles. The largest absolute Gasteiger partial charge is 0.327 e. The van der Waals surface area contributed by atoms with Crippen molar-refractivity contribution < 1.29 is 9.59 Å². The Morgan fingerprint density at radius 1 is 0.964 bits per heavy atom. The minimum Gasteiger partial charge on any atom is -0.292 e. The third-order valence-electron chi connectivity index (χ3n) is 4.12. The number of rotatable bonds is 3. The molecular formula is C21H17Br2N3O2. The van der Waals surface area contributed by atoms with Gasteiger partial charge in [0.05, 0.1) is 5.56 Å². The van der Waals surface area contributed by atoms with E-state index in [1.54, 1.807) is 30.3 Å². The van der Waals surface area contributed by atoms with Crippen molar-refractivity contribution in [2.45, 2.75) is 13.8 Å². The maximum atomic E-state index is 12.2. The van der Waals surface area contributed by atoms with Crippen LogP contribution in [-0.4, -0.2) is 16.9 Å². The molecule has 1 aromatic heterocycles. The van der Waals surface area contributed by atoms with Gasteiger partial charge in [0.25, 0.3) is 5.91 Å². The lowest BCUT2D eigenvalue weighted by molar-refractivity contribution is 0.0966. The van der Waals surface area contributed by atoms with E-state index in [0.717, 1.165) is 26.9 Å². The van der Waals surface area contributed by atoms with E-state index in [1.807, 2.05) is 38.1 Å². The molecule has 0 aliphatic carbocycles. The predicted octanol–water partition coefficient (Wildman–Crippen LogP) is 5.85. The Labute approximate surface area is 179 Å². The van der Waals surface area contributed by atoms with Crippen molar-refractivity contribution >= 4 is 49.6 Å². The molecule has 0 unspecified atom stereocenters. The van der Waals surface area contributed by atoms with Gasteiger partial charge in [0.2, 0.25) is 0 Å². The summed E-state index contributed by atoms with van der Waals surface area (Å²) in [6.07, 6.45) is 0. The fourth-order valence-electron chi connectivity index (χ4n) is 2.91. The molecule has 0 spiro atoms. The Morgan fingerprint density at radius 2 is 1.64 bits per heavy atom. The highest BCUT2D eigenvalue weighted by molar-refractivity contribution is 9.10. The summed E-state index contributed by atoms with van der Waals surface area (Å²) in [6.45, 7) is 3.85. The van der Waals surface area contributed by atoms with Gasteiger partial charge < -0.3 is 0 Å². The second kappa shape index (κ2) is 8.67. The van der Waals surface area contributed by atoms with Crippen molar-refractivity contribution in [1.82, 2.24) is 10.3 Å². The third kappa shape index (κ3) is 4.66. The number of aryl methyl sites for hydroxylation is 2. The number of aromatic nitrogens is 1. The monoisotopic (exact) mass is 501 g/mol. The molecule has 0 fully saturated rings. The second-order valence-corrected chi connectivity index (χ2v) is 7.95. The van der Waals surface area contributed by atoms with Gasteiger partial charge in [0.1, 0.15) is 5.82 Å². The van der Waals surface area contributed by atoms with Crippen molar-refractivity contribution in [3.05, 3.63) is 80.4 Å². The van der Waals surface area contributed by atoms with Crippen LogP contribution in [0.1, 0.15) is 21.6 Å². The van der Waals surface area contributed by atoms with Crippen LogP contribution in [0.5, 0.6) is 0 Å². The molecule has 0 aliphatic rings. The maximum absolute atomic E-state index is 12.2. The minimum absolute atomic E-state index is 0.378. The van der Waals surface area contributed by atoms with Crippen LogP contribution in [0.15, 0.2) is 63.5 Å². The van der Waals surface area contributed by atoms with E-state index in [2.05, 4.69) is 47.5 Å². The highest BCUT2D eigenvalue weighted by atomic mass is 79.9. The molecule has 0 bridgehead atoms. The normalized spacial score (nSPS) is 10.4. The van der Waals surface area contributed by atoms with Crippen LogP contribution >= 0.6 is 31.9 Å². The summed E-state index contributed by atoms with van der Waals surface area (Å²) < 4.78 is 1.62. The Balaban J connectivity index is 1.76. The number of pyridine rings is 1. The number of halogens is 2. The van der Waals surface area contributed by atoms with E-state index >= 15 is 0 Å². The average Bonchev–Trinajstić information content (AvgIpc) is 2.63. The molecular weight excluding hydrogens is 486 g/mol. The number of hydrogen-bond acceptors (Lipinski definition) is 3. The van der Waals surface area contributed by atoms with Crippen molar-refractivity contribution in [2.24, 2.45) is 0 Å². The molecule has 0 atom stereocenters. The molecule has 2 aromatic carbocycles. The Morgan fingerprint density at radius 3 is 2.29 bits per heavy atom. The van der Waals surface area contributed by atoms with E-state index in [0.29, 0.717) is 15.9 Å². The van der Waals surface area contributed by atoms with E-state index in [1.165, 1.54) is 0 Å². The molecule has 2 N–H and O–H groups in total. The van der Waals surface area contributed by atoms with E-state index in [4.69, 9.17) is 0 Å². The topological polar surface area (TPSA) is 71.1 Å². The van der Waals surface area contributed by atoms with Crippen LogP contribution in [0, 0.1) is 13.8 Å². The van der Waals surface area contributed by atoms with Crippen LogP contribution in [0.3, 0.4) is 0 Å². The zero-order valence-corrected chi connectivity index (χ0v) is 18.4. The smallest absolute Gasteiger partial charge is 0.292 e. The average molecular weight is 503 g/mol. The lowest BCUT2D eigenvalue weighted by atomic mass is 9.99. The van der Waals surface area contributed by atoms with Crippen LogP contribution in [0.4, 0.5) is 10.6 Å². The zero-order valence-electron chi connectivity index (χ0n) is 15.2. The summed E-state index contributed by atoms with van der Waals surface area (Å²) in [6, 6.07) is 16.0. The lowest BCUT2D eigenvalue weighted by Crippen LogP contribution is -2.34. The predicted molar refractivity (Wildman–Crippen MR) is 117 cm³/mol. The summed E-state index contributed by atoms with van der Waals surface area (Å²) in [5.74, 6) is -0.113. The van der Waals surface area contributed by atoms with Crippen LogP contribution in [0.25, 0.3) is 11.1 Å². The summed E-state index contributed by atoms with van der Waals surface area (Å²) in [5, 5.41) is 4.94. The molecule has 7 heteroatoms. The number of benzene rings is 2. The number of imide groups is 1. The minimum atomic E-state index is -0.636. The van der Waals surface area contributed by atoms with Crippen molar-refractivity contribution in [1.29, 1.82) is 0 Å². The van der Waals surface area contributed by atoms with E-state index in [-0.39, 0.29) is 0 Å². The standard InChI is InChI=1S/C21H17Br2N3O2/c1-12-11-18(24-13(2)19(12)14-7-9-15(22)10-8-14)25-21(28)26-20(27)16-5-3-4-6-17(16)23/h3-11H,1-2H3,(H2,24,25,26,27,28). The fraction of sp³-hybridized carbons (Fsp3) is 0.0952. The summed E-state index contributed by atoms with van der Waals surface area (Å²) in [4.78, 5) is 28.9. The van der Waals surface area contributed by atoms with Gasteiger partial charge in [-0.05, 0) is 71.2 Å². The van der Waals surface area contributed by atoms with Crippen LogP contribution in [-0.2, 0) is 0 Å². The van der Waals surface area contributed by atoms with Gasteiger partial charge in [0, 0.05) is 20.2 Å². The SMILES string of the molecule is Cc1cc(NC(=O)NC(=O)c2ccccc2Br)nc(C)c1-c1ccc(Br)cc1. The second-order valence-electron chi connectivity index (χ2n) is 6.18. The first-order chi connectivity index (χ1) is 13.3. The first-order valence-corrected chi connectivity index (χ1v) is 10.0. The molecule has 142 valence electrons. The molecule has 28 heavy (non-hydrogen) atoms. The molecule has 0 saturated carbocycles.